The van der Waals surface area contributed by atoms with Gasteiger partial charge in [-0.15, -0.1) is 0 Å². The Morgan fingerprint density at radius 1 is 1.38 bits per heavy atom. The van der Waals surface area contributed by atoms with Crippen LogP contribution in [0.25, 0.3) is 0 Å². The van der Waals surface area contributed by atoms with Gasteiger partial charge in [-0.3, -0.25) is 4.79 Å². The zero-order valence-electron chi connectivity index (χ0n) is 13.8. The van der Waals surface area contributed by atoms with E-state index in [1.54, 1.807) is 0 Å². The minimum Gasteiger partial charge on any atom is -0.392 e. The Bertz CT molecular complexity index is 446. The molecule has 2 aliphatic rings. The summed E-state index contributed by atoms with van der Waals surface area (Å²) in [7, 11) is 0. The summed E-state index contributed by atoms with van der Waals surface area (Å²) in [6.45, 7) is 11.4. The first-order valence-electron chi connectivity index (χ1n) is 8.28. The maximum Gasteiger partial charge on any atom is 0.148 e. The Kier molecular flexibility index (Phi) is 4.77. The lowest BCUT2D eigenvalue weighted by Gasteiger charge is -2.58. The molecule has 2 aliphatic carbocycles. The lowest BCUT2D eigenvalue weighted by atomic mass is 9.47. The minimum absolute atomic E-state index is 0.158. The lowest BCUT2D eigenvalue weighted by Crippen LogP contribution is -2.49. The van der Waals surface area contributed by atoms with Crippen LogP contribution in [-0.2, 0) is 4.79 Å². The van der Waals surface area contributed by atoms with Gasteiger partial charge in [0.1, 0.15) is 6.29 Å². The fourth-order valence-corrected chi connectivity index (χ4v) is 5.13. The minimum atomic E-state index is -0.158. The molecule has 21 heavy (non-hydrogen) atoms. The normalized spacial score (nSPS) is 36.2. The molecular formula is C19H30O2. The number of carbonyl (C=O) groups is 1. The van der Waals surface area contributed by atoms with E-state index < -0.39 is 0 Å². The Labute approximate surface area is 129 Å². The summed E-state index contributed by atoms with van der Waals surface area (Å²) in [5, 5.41) is 9.18. The van der Waals surface area contributed by atoms with Crippen LogP contribution in [0.5, 0.6) is 0 Å². The van der Waals surface area contributed by atoms with Gasteiger partial charge in [-0.05, 0) is 54.8 Å². The molecule has 0 aromatic heterocycles. The average molecular weight is 290 g/mol. The Hall–Kier alpha value is -0.890. The van der Waals surface area contributed by atoms with Gasteiger partial charge in [0.2, 0.25) is 0 Å². The van der Waals surface area contributed by atoms with Crippen molar-refractivity contribution in [2.24, 2.45) is 22.7 Å². The first-order valence-corrected chi connectivity index (χ1v) is 8.28. The van der Waals surface area contributed by atoms with Crippen LogP contribution in [-0.4, -0.2) is 18.0 Å². The van der Waals surface area contributed by atoms with Crippen LogP contribution in [0, 0.1) is 22.7 Å². The zero-order valence-corrected chi connectivity index (χ0v) is 13.8. The van der Waals surface area contributed by atoms with Gasteiger partial charge < -0.3 is 5.11 Å². The van der Waals surface area contributed by atoms with Crippen molar-refractivity contribution in [2.45, 2.75) is 59.3 Å². The largest absolute Gasteiger partial charge is 0.392 e. The summed E-state index contributed by atoms with van der Waals surface area (Å²) in [6, 6.07) is 0. The van der Waals surface area contributed by atoms with Crippen molar-refractivity contribution in [3.8, 4) is 0 Å². The lowest BCUT2D eigenvalue weighted by molar-refractivity contribution is -0.105. The van der Waals surface area contributed by atoms with E-state index in [-0.39, 0.29) is 12.0 Å². The third-order valence-corrected chi connectivity index (χ3v) is 6.27. The summed E-state index contributed by atoms with van der Waals surface area (Å²) >= 11 is 0. The van der Waals surface area contributed by atoms with Crippen LogP contribution in [0.2, 0.25) is 0 Å². The van der Waals surface area contributed by atoms with Crippen LogP contribution in [0.1, 0.15) is 59.3 Å². The maximum atomic E-state index is 10.9. The van der Waals surface area contributed by atoms with Crippen LogP contribution in [0.3, 0.4) is 0 Å². The van der Waals surface area contributed by atoms with Crippen molar-refractivity contribution >= 4 is 6.29 Å². The van der Waals surface area contributed by atoms with Crippen molar-refractivity contribution < 1.29 is 9.90 Å². The quantitative estimate of drug-likeness (QED) is 0.476. The number of fused-ring (bicyclic) bond motifs is 1. The summed E-state index contributed by atoms with van der Waals surface area (Å²) in [5.74, 6) is 1.17. The van der Waals surface area contributed by atoms with E-state index in [0.717, 1.165) is 25.0 Å². The van der Waals surface area contributed by atoms with Crippen LogP contribution >= 0.6 is 0 Å². The third-order valence-electron chi connectivity index (χ3n) is 6.27. The van der Waals surface area contributed by atoms with Crippen molar-refractivity contribution in [1.82, 2.24) is 0 Å². The molecule has 0 aromatic rings. The average Bonchev–Trinajstić information content (AvgIpc) is 2.41. The fourth-order valence-electron chi connectivity index (χ4n) is 5.13. The predicted molar refractivity (Wildman–Crippen MR) is 86.9 cm³/mol. The number of allylic oxidation sites excluding steroid dienone is 2. The van der Waals surface area contributed by atoms with Gasteiger partial charge in [-0.25, -0.2) is 0 Å². The summed E-state index contributed by atoms with van der Waals surface area (Å²) in [5.41, 5.74) is 2.53. The molecule has 0 unspecified atom stereocenters. The summed E-state index contributed by atoms with van der Waals surface area (Å²) in [4.78, 5) is 10.9. The smallest absolute Gasteiger partial charge is 0.148 e. The molecule has 0 aliphatic heterocycles. The second-order valence-corrected chi connectivity index (χ2v) is 7.94. The van der Waals surface area contributed by atoms with Crippen LogP contribution in [0.15, 0.2) is 23.8 Å². The Morgan fingerprint density at radius 2 is 2.10 bits per heavy atom. The van der Waals surface area contributed by atoms with E-state index in [2.05, 4.69) is 27.4 Å². The van der Waals surface area contributed by atoms with Crippen molar-refractivity contribution in [1.29, 1.82) is 0 Å². The van der Waals surface area contributed by atoms with Gasteiger partial charge in [0.05, 0.1) is 6.61 Å². The van der Waals surface area contributed by atoms with Crippen molar-refractivity contribution in [2.75, 3.05) is 6.61 Å². The van der Waals surface area contributed by atoms with E-state index in [1.807, 2.05) is 6.08 Å². The molecule has 0 heterocycles. The fraction of sp³-hybridized carbons (Fsp3) is 0.737. The number of aldehydes is 1. The third kappa shape index (κ3) is 3.01. The van der Waals surface area contributed by atoms with Gasteiger partial charge in [0.25, 0.3) is 0 Å². The van der Waals surface area contributed by atoms with E-state index in [9.17, 15) is 9.90 Å². The van der Waals surface area contributed by atoms with Gasteiger partial charge in [-0.2, -0.15) is 0 Å². The summed E-state index contributed by atoms with van der Waals surface area (Å²) in [6.07, 6.45) is 9.77. The zero-order chi connectivity index (χ0) is 15.7. The van der Waals surface area contributed by atoms with E-state index in [0.29, 0.717) is 16.9 Å². The van der Waals surface area contributed by atoms with Crippen molar-refractivity contribution in [3.05, 3.63) is 23.8 Å². The highest BCUT2D eigenvalue weighted by Gasteiger charge is 2.52. The standard InChI is InChI=1S/C19H30O2/c1-14-6-9-17-18(2,3)10-5-11-19(17,4)16(14)8-7-15(12-20)13-21/h7,12,16-17,21H,1,5-6,8-11,13H2,2-4H3/b15-7-/t16-,17-,19+/m0/s1. The molecule has 0 spiro atoms. The molecule has 118 valence electrons. The summed E-state index contributed by atoms with van der Waals surface area (Å²) < 4.78 is 0. The van der Waals surface area contributed by atoms with E-state index in [4.69, 9.17) is 0 Å². The van der Waals surface area contributed by atoms with Gasteiger partial charge >= 0.3 is 0 Å². The topological polar surface area (TPSA) is 37.3 Å². The van der Waals surface area contributed by atoms with Crippen LogP contribution in [0.4, 0.5) is 0 Å². The molecular weight excluding hydrogens is 260 g/mol. The van der Waals surface area contributed by atoms with E-state index in [1.165, 1.54) is 31.3 Å². The van der Waals surface area contributed by atoms with Gasteiger partial charge in [0.15, 0.2) is 0 Å². The molecule has 2 heteroatoms. The molecule has 3 atom stereocenters. The molecule has 0 bridgehead atoms. The highest BCUT2D eigenvalue weighted by molar-refractivity contribution is 5.73. The second-order valence-electron chi connectivity index (χ2n) is 7.94. The molecule has 0 saturated heterocycles. The Morgan fingerprint density at radius 3 is 2.71 bits per heavy atom. The predicted octanol–water partition coefficient (Wildman–Crippen LogP) is 4.29. The molecule has 0 aromatic carbocycles. The number of carbonyl (C=O) groups excluding carboxylic acids is 1. The maximum absolute atomic E-state index is 10.9. The van der Waals surface area contributed by atoms with Gasteiger partial charge in [0, 0.05) is 5.57 Å². The highest BCUT2D eigenvalue weighted by Crippen LogP contribution is 2.61. The molecule has 2 saturated carbocycles. The number of hydrogen-bond donors (Lipinski definition) is 1. The van der Waals surface area contributed by atoms with Crippen molar-refractivity contribution in [3.63, 3.8) is 0 Å². The molecule has 1 N–H and O–H groups in total. The molecule has 0 amide bonds. The number of aliphatic hydroxyl groups excluding tert-OH is 1. The molecule has 2 nitrogen and oxygen atoms in total. The monoisotopic (exact) mass is 290 g/mol. The highest BCUT2D eigenvalue weighted by atomic mass is 16.3. The molecule has 2 rings (SSSR count). The van der Waals surface area contributed by atoms with Gasteiger partial charge in [-0.1, -0.05) is 45.4 Å². The molecule has 0 radical (unpaired) electrons. The first kappa shape index (κ1) is 16.5. The first-order chi connectivity index (χ1) is 9.85. The van der Waals surface area contributed by atoms with E-state index >= 15 is 0 Å². The van der Waals surface area contributed by atoms with Crippen LogP contribution < -0.4 is 0 Å². The Balaban J connectivity index is 2.27. The number of aliphatic hydroxyl groups is 1. The molecule has 2 fully saturated rings. The second kappa shape index (κ2) is 6.08. The number of rotatable bonds is 4. The number of hydrogen-bond acceptors (Lipinski definition) is 2. The SMILES string of the molecule is C=C1CC[C@H]2C(C)(C)CCC[C@]2(C)[C@H]1C/C=C(/C=O)CO.